The molecule has 1 rings (SSSR count). The fourth-order valence-electron chi connectivity index (χ4n) is 1.60. The largest absolute Gasteiger partial charge is 0.393 e. The number of hydrogen-bond donors (Lipinski definition) is 2. The van der Waals surface area contributed by atoms with E-state index in [2.05, 4.69) is 5.32 Å². The molecule has 17 heavy (non-hydrogen) atoms. The van der Waals surface area contributed by atoms with E-state index in [0.29, 0.717) is 12.0 Å². The number of aliphatic hydroxyl groups excluding tert-OH is 1. The minimum Gasteiger partial charge on any atom is -0.393 e. The Hall–Kier alpha value is -1.07. The van der Waals surface area contributed by atoms with Gasteiger partial charge in [0, 0.05) is 12.6 Å². The lowest BCUT2D eigenvalue weighted by Gasteiger charge is -2.15. The normalized spacial score (nSPS) is 14.7. The van der Waals surface area contributed by atoms with Gasteiger partial charge in [-0.2, -0.15) is 0 Å². The zero-order valence-corrected chi connectivity index (χ0v) is 9.80. The van der Waals surface area contributed by atoms with Gasteiger partial charge in [-0.3, -0.25) is 0 Å². The third kappa shape index (κ3) is 4.36. The standard InChI is InChI=1S/C12H16F3NO/c1-7(3-8(2)17)16-6-9-4-10(13)12(15)11(14)5-9/h4-5,7-8,16-17H,3,6H2,1-2H3. The minimum absolute atomic E-state index is 0.00572. The molecule has 1 aromatic rings. The van der Waals surface area contributed by atoms with Gasteiger partial charge in [-0.05, 0) is 38.0 Å². The molecule has 0 radical (unpaired) electrons. The van der Waals surface area contributed by atoms with Crippen LogP contribution < -0.4 is 5.32 Å². The number of halogens is 3. The summed E-state index contributed by atoms with van der Waals surface area (Å²) in [7, 11) is 0. The topological polar surface area (TPSA) is 32.3 Å². The van der Waals surface area contributed by atoms with Crippen molar-refractivity contribution < 1.29 is 18.3 Å². The maximum Gasteiger partial charge on any atom is 0.194 e. The molecule has 2 atom stereocenters. The molecule has 0 fully saturated rings. The fraction of sp³-hybridized carbons (Fsp3) is 0.500. The third-order valence-corrected chi connectivity index (χ3v) is 2.39. The van der Waals surface area contributed by atoms with Crippen molar-refractivity contribution in [2.75, 3.05) is 0 Å². The number of hydrogen-bond acceptors (Lipinski definition) is 2. The molecule has 0 aromatic heterocycles. The van der Waals surface area contributed by atoms with Crippen LogP contribution in [0.3, 0.4) is 0 Å². The van der Waals surface area contributed by atoms with Crippen LogP contribution >= 0.6 is 0 Å². The van der Waals surface area contributed by atoms with Gasteiger partial charge in [-0.25, -0.2) is 13.2 Å². The molecule has 0 bridgehead atoms. The van der Waals surface area contributed by atoms with E-state index in [9.17, 15) is 13.2 Å². The molecule has 0 heterocycles. The maximum atomic E-state index is 12.9. The zero-order chi connectivity index (χ0) is 13.0. The van der Waals surface area contributed by atoms with Gasteiger partial charge in [0.25, 0.3) is 0 Å². The monoisotopic (exact) mass is 247 g/mol. The first-order chi connectivity index (χ1) is 7.90. The number of aliphatic hydroxyl groups is 1. The van der Waals surface area contributed by atoms with Crippen LogP contribution in [0.5, 0.6) is 0 Å². The summed E-state index contributed by atoms with van der Waals surface area (Å²) in [6, 6.07) is 1.92. The van der Waals surface area contributed by atoms with E-state index in [1.165, 1.54) is 0 Å². The second kappa shape index (κ2) is 6.02. The molecule has 1 aromatic carbocycles. The molecule has 2 unspecified atom stereocenters. The van der Waals surface area contributed by atoms with Gasteiger partial charge in [0.15, 0.2) is 17.5 Å². The Kier molecular flexibility index (Phi) is 4.96. The first-order valence-electron chi connectivity index (χ1n) is 5.45. The lowest BCUT2D eigenvalue weighted by molar-refractivity contribution is 0.170. The van der Waals surface area contributed by atoms with Crippen molar-refractivity contribution in [1.29, 1.82) is 0 Å². The summed E-state index contributed by atoms with van der Waals surface area (Å²) in [6.45, 7) is 3.74. The van der Waals surface area contributed by atoms with Crippen molar-refractivity contribution >= 4 is 0 Å². The Bertz CT molecular complexity index is 359. The first-order valence-corrected chi connectivity index (χ1v) is 5.45. The molecule has 0 aliphatic rings. The van der Waals surface area contributed by atoms with Crippen LogP contribution in [0.1, 0.15) is 25.8 Å². The maximum absolute atomic E-state index is 12.9. The first kappa shape index (κ1) is 14.0. The molecule has 0 amide bonds. The zero-order valence-electron chi connectivity index (χ0n) is 9.80. The Balaban J connectivity index is 2.58. The summed E-state index contributed by atoms with van der Waals surface area (Å²) in [5.41, 5.74) is 0.332. The average molecular weight is 247 g/mol. The van der Waals surface area contributed by atoms with E-state index in [1.807, 2.05) is 6.92 Å². The summed E-state index contributed by atoms with van der Waals surface area (Å²) in [4.78, 5) is 0. The van der Waals surface area contributed by atoms with E-state index in [4.69, 9.17) is 5.11 Å². The Morgan fingerprint density at radius 3 is 2.18 bits per heavy atom. The highest BCUT2D eigenvalue weighted by Crippen LogP contribution is 2.13. The highest BCUT2D eigenvalue weighted by Gasteiger charge is 2.11. The van der Waals surface area contributed by atoms with Crippen LogP contribution in [0.2, 0.25) is 0 Å². The van der Waals surface area contributed by atoms with Gasteiger partial charge in [0.2, 0.25) is 0 Å². The van der Waals surface area contributed by atoms with Crippen molar-refractivity contribution in [3.8, 4) is 0 Å². The van der Waals surface area contributed by atoms with Crippen LogP contribution in [0.15, 0.2) is 12.1 Å². The predicted octanol–water partition coefficient (Wildman–Crippen LogP) is 2.35. The minimum atomic E-state index is -1.45. The molecule has 5 heteroatoms. The van der Waals surface area contributed by atoms with Crippen molar-refractivity contribution in [3.05, 3.63) is 35.1 Å². The van der Waals surface area contributed by atoms with E-state index >= 15 is 0 Å². The van der Waals surface area contributed by atoms with Crippen LogP contribution in [0, 0.1) is 17.5 Å². The molecular weight excluding hydrogens is 231 g/mol. The van der Waals surface area contributed by atoms with Crippen LogP contribution in [-0.4, -0.2) is 17.3 Å². The molecule has 0 spiro atoms. The molecule has 0 saturated carbocycles. The quantitative estimate of drug-likeness (QED) is 0.783. The summed E-state index contributed by atoms with van der Waals surface area (Å²) >= 11 is 0. The smallest absolute Gasteiger partial charge is 0.194 e. The summed E-state index contributed by atoms with van der Waals surface area (Å²) in [5, 5.41) is 12.1. The van der Waals surface area contributed by atoms with Crippen LogP contribution in [0.4, 0.5) is 13.2 Å². The van der Waals surface area contributed by atoms with E-state index in [-0.39, 0.29) is 12.6 Å². The highest BCUT2D eigenvalue weighted by atomic mass is 19.2. The second-order valence-corrected chi connectivity index (χ2v) is 4.24. The SMILES string of the molecule is CC(O)CC(C)NCc1cc(F)c(F)c(F)c1. The van der Waals surface area contributed by atoms with Gasteiger partial charge >= 0.3 is 0 Å². The number of benzene rings is 1. The molecule has 2 nitrogen and oxygen atoms in total. The van der Waals surface area contributed by atoms with Crippen molar-refractivity contribution in [3.63, 3.8) is 0 Å². The third-order valence-electron chi connectivity index (χ3n) is 2.39. The fourth-order valence-corrected chi connectivity index (χ4v) is 1.60. The number of rotatable bonds is 5. The van der Waals surface area contributed by atoms with Crippen molar-refractivity contribution in [2.45, 2.75) is 39.0 Å². The van der Waals surface area contributed by atoms with E-state index < -0.39 is 23.6 Å². The Labute approximate surface area is 98.5 Å². The second-order valence-electron chi connectivity index (χ2n) is 4.24. The predicted molar refractivity (Wildman–Crippen MR) is 58.9 cm³/mol. The van der Waals surface area contributed by atoms with Gasteiger partial charge in [-0.1, -0.05) is 0 Å². The highest BCUT2D eigenvalue weighted by molar-refractivity contribution is 5.19. The van der Waals surface area contributed by atoms with Crippen LogP contribution in [-0.2, 0) is 6.54 Å². The molecule has 2 N–H and O–H groups in total. The van der Waals surface area contributed by atoms with Gasteiger partial charge in [-0.15, -0.1) is 0 Å². The van der Waals surface area contributed by atoms with E-state index in [1.54, 1.807) is 6.92 Å². The van der Waals surface area contributed by atoms with Crippen LogP contribution in [0.25, 0.3) is 0 Å². The molecular formula is C12H16F3NO. The van der Waals surface area contributed by atoms with Crippen molar-refractivity contribution in [2.24, 2.45) is 0 Å². The van der Waals surface area contributed by atoms with Gasteiger partial charge < -0.3 is 10.4 Å². The van der Waals surface area contributed by atoms with Gasteiger partial charge in [0.05, 0.1) is 6.10 Å². The lowest BCUT2D eigenvalue weighted by atomic mass is 10.1. The molecule has 0 aliphatic heterocycles. The molecule has 0 saturated heterocycles. The lowest BCUT2D eigenvalue weighted by Crippen LogP contribution is -2.28. The van der Waals surface area contributed by atoms with Gasteiger partial charge in [0.1, 0.15) is 0 Å². The number of nitrogens with one attached hydrogen (secondary N) is 1. The summed E-state index contributed by atoms with van der Waals surface area (Å²) in [6.07, 6.45) is 0.0887. The van der Waals surface area contributed by atoms with E-state index in [0.717, 1.165) is 12.1 Å². The summed E-state index contributed by atoms with van der Waals surface area (Å²) in [5.74, 6) is -3.83. The van der Waals surface area contributed by atoms with Crippen molar-refractivity contribution in [1.82, 2.24) is 5.32 Å². The Morgan fingerprint density at radius 2 is 1.71 bits per heavy atom. The molecule has 0 aliphatic carbocycles. The average Bonchev–Trinajstić information content (AvgIpc) is 2.22. The summed E-state index contributed by atoms with van der Waals surface area (Å²) < 4.78 is 38.5. The Morgan fingerprint density at radius 1 is 1.18 bits per heavy atom. The molecule has 96 valence electrons.